The van der Waals surface area contributed by atoms with Gasteiger partial charge in [0.05, 0.1) is 23.9 Å². The van der Waals surface area contributed by atoms with Gasteiger partial charge in [-0.1, -0.05) is 0 Å². The Hall–Kier alpha value is -2.14. The summed E-state index contributed by atoms with van der Waals surface area (Å²) in [6, 6.07) is 0. The fourth-order valence-corrected chi connectivity index (χ4v) is 1.17. The van der Waals surface area contributed by atoms with Crippen LogP contribution in [0.4, 0.5) is 0 Å². The van der Waals surface area contributed by atoms with Gasteiger partial charge in [-0.05, 0) is 0 Å². The summed E-state index contributed by atoms with van der Waals surface area (Å²) >= 11 is 0. The molecule has 0 unspecified atom stereocenters. The van der Waals surface area contributed by atoms with Gasteiger partial charge in [-0.25, -0.2) is 0 Å². The Kier molecular flexibility index (Phi) is 7.15. The zero-order valence-corrected chi connectivity index (χ0v) is 9.57. The van der Waals surface area contributed by atoms with Crippen molar-refractivity contribution in [3.8, 4) is 0 Å². The van der Waals surface area contributed by atoms with Crippen molar-refractivity contribution >= 4 is 31.4 Å². The zero-order valence-electron chi connectivity index (χ0n) is 9.57. The maximum Gasteiger partial charge on any atom is 0.314 e. The predicted molar refractivity (Wildman–Crippen MR) is 48.9 cm³/mol. The monoisotopic (exact) mass is 271 g/mol. The molecule has 0 spiro atoms. The summed E-state index contributed by atoms with van der Waals surface area (Å²) in [5, 5.41) is 41.4. The molecule has 19 heavy (non-hydrogen) atoms. The van der Waals surface area contributed by atoms with Crippen LogP contribution < -0.4 is 20.4 Å². The van der Waals surface area contributed by atoms with E-state index in [0.717, 1.165) is 0 Å². The highest BCUT2D eigenvalue weighted by molar-refractivity contribution is 6.30. The molecule has 0 heterocycles. The Balaban J connectivity index is 4.68. The molecule has 11 heteroatoms. The molecule has 0 aliphatic carbocycles. The van der Waals surface area contributed by atoms with Gasteiger partial charge in [0.15, 0.2) is 0 Å². The largest absolute Gasteiger partial charge is 0.549 e. The van der Waals surface area contributed by atoms with E-state index in [2.05, 4.69) is 0 Å². The van der Waals surface area contributed by atoms with Crippen molar-refractivity contribution < 1.29 is 39.6 Å². The zero-order chi connectivity index (χ0) is 15.0. The van der Waals surface area contributed by atoms with E-state index >= 15 is 0 Å². The molecule has 0 N–H and O–H groups in total. The Morgan fingerprint density at radius 2 is 0.842 bits per heavy atom. The van der Waals surface area contributed by atoms with Gasteiger partial charge in [-0.15, -0.1) is 0 Å². The Bertz CT molecular complexity index is 308. The highest BCUT2D eigenvalue weighted by atomic mass is 16.4. The summed E-state index contributed by atoms with van der Waals surface area (Å²) in [4.78, 5) is 42.6. The van der Waals surface area contributed by atoms with Gasteiger partial charge in [0.25, 0.3) is 0 Å². The number of carbonyl (C=O) groups is 4. The maximum atomic E-state index is 10.4. The van der Waals surface area contributed by atoms with Crippen LogP contribution in [0.25, 0.3) is 0 Å². The molecule has 10 nitrogen and oxygen atoms in total. The fraction of sp³-hybridized carbons (Fsp3) is 0.500. The van der Waals surface area contributed by atoms with Gasteiger partial charge in [-0.2, -0.15) is 0 Å². The summed E-state index contributed by atoms with van der Waals surface area (Å²) in [7, 11) is 0.706. The van der Waals surface area contributed by atoms with Crippen molar-refractivity contribution in [1.29, 1.82) is 0 Å². The molecule has 0 rings (SSSR count). The molecule has 0 aliphatic rings. The molecule has 0 aromatic rings. The number of rotatable bonds is 10. The molecule has 0 atom stereocenters. The molecule has 105 valence electrons. The first kappa shape index (κ1) is 16.9. The number of hydrogen-bond acceptors (Lipinski definition) is 10. The van der Waals surface area contributed by atoms with Crippen LogP contribution in [-0.2, 0) is 19.2 Å². The topological polar surface area (TPSA) is 167 Å². The van der Waals surface area contributed by atoms with E-state index in [1.54, 1.807) is 0 Å². The standard InChI is InChI=1S/C8H12BN2O8/c12-5(13)1-10(2-6(14)15)9-11(3-7(16)17)4-8(18)19/h1-4H2,(H,12,13)(H,14,15)(H,16,17)(H,18,19)/p-4. The number of nitrogens with zero attached hydrogens (tertiary/aromatic N) is 2. The second-order valence-corrected chi connectivity index (χ2v) is 3.41. The number of carboxylic acids is 4. The van der Waals surface area contributed by atoms with Crippen molar-refractivity contribution in [2.24, 2.45) is 0 Å². The minimum Gasteiger partial charge on any atom is -0.549 e. The van der Waals surface area contributed by atoms with Gasteiger partial charge in [0, 0.05) is 26.2 Å². The lowest BCUT2D eigenvalue weighted by atomic mass is 10.0. The van der Waals surface area contributed by atoms with E-state index in [1.165, 1.54) is 0 Å². The van der Waals surface area contributed by atoms with Gasteiger partial charge in [0.1, 0.15) is 0 Å². The van der Waals surface area contributed by atoms with Crippen molar-refractivity contribution in [3.63, 3.8) is 0 Å². The summed E-state index contributed by atoms with van der Waals surface area (Å²) < 4.78 is 0. The number of carboxylic acid groups (broad SMARTS) is 4. The summed E-state index contributed by atoms with van der Waals surface area (Å²) in [6.07, 6.45) is 0. The average molecular weight is 271 g/mol. The molecule has 0 amide bonds. The van der Waals surface area contributed by atoms with Crippen LogP contribution >= 0.6 is 0 Å². The van der Waals surface area contributed by atoms with Crippen LogP contribution in [0.5, 0.6) is 0 Å². The van der Waals surface area contributed by atoms with Crippen LogP contribution in [0.15, 0.2) is 0 Å². The molecular weight excluding hydrogens is 263 g/mol. The van der Waals surface area contributed by atoms with E-state index in [1.807, 2.05) is 0 Å². The number of hydrogen-bond donors (Lipinski definition) is 0. The van der Waals surface area contributed by atoms with Gasteiger partial charge in [0.2, 0.25) is 0 Å². The molecule has 0 fully saturated rings. The third-order valence-corrected chi connectivity index (χ3v) is 1.66. The van der Waals surface area contributed by atoms with Crippen LogP contribution in [0.2, 0.25) is 0 Å². The Morgan fingerprint density at radius 1 is 0.632 bits per heavy atom. The summed E-state index contributed by atoms with van der Waals surface area (Å²) in [6.45, 7) is -3.54. The lowest BCUT2D eigenvalue weighted by molar-refractivity contribution is -0.310. The molecule has 0 saturated carbocycles. The first-order chi connectivity index (χ1) is 8.70. The summed E-state index contributed by atoms with van der Waals surface area (Å²) in [5.41, 5.74) is 0. The first-order valence-electron chi connectivity index (χ1n) is 4.83. The van der Waals surface area contributed by atoms with Gasteiger partial charge >= 0.3 is 7.55 Å². The average Bonchev–Trinajstić information content (AvgIpc) is 2.11. The second kappa shape index (κ2) is 8.05. The van der Waals surface area contributed by atoms with Crippen LogP contribution in [0, 0.1) is 0 Å². The van der Waals surface area contributed by atoms with E-state index in [-0.39, 0.29) is 0 Å². The van der Waals surface area contributed by atoms with Crippen LogP contribution in [0.1, 0.15) is 0 Å². The van der Waals surface area contributed by atoms with Gasteiger partial charge in [-0.3, -0.25) is 0 Å². The van der Waals surface area contributed by atoms with Crippen LogP contribution in [0.3, 0.4) is 0 Å². The minimum absolute atomic E-state index is 0.608. The van der Waals surface area contributed by atoms with Crippen LogP contribution in [-0.4, -0.2) is 67.2 Å². The SMILES string of the molecule is O=C([O-])CN([B]N(CC(=O)[O-])CC(=O)[O-])CC(=O)[O-]. The number of carbonyl (C=O) groups excluding carboxylic acids is 4. The molecule has 0 aliphatic heterocycles. The smallest absolute Gasteiger partial charge is 0.314 e. The van der Waals surface area contributed by atoms with Crippen molar-refractivity contribution in [2.45, 2.75) is 0 Å². The predicted octanol–water partition coefficient (Wildman–Crippen LogP) is -7.88. The maximum absolute atomic E-state index is 10.4. The Labute approximate surface area is 108 Å². The molecule has 0 aromatic carbocycles. The highest BCUT2D eigenvalue weighted by Gasteiger charge is 2.15. The molecule has 0 saturated heterocycles. The van der Waals surface area contributed by atoms with E-state index in [9.17, 15) is 39.6 Å². The van der Waals surface area contributed by atoms with E-state index < -0.39 is 50.1 Å². The third-order valence-electron chi connectivity index (χ3n) is 1.66. The number of aliphatic carboxylic acids is 4. The first-order valence-corrected chi connectivity index (χ1v) is 4.83. The molecule has 0 aromatic heterocycles. The third kappa shape index (κ3) is 9.56. The van der Waals surface area contributed by atoms with Crippen molar-refractivity contribution in [1.82, 2.24) is 9.62 Å². The summed E-state index contributed by atoms with van der Waals surface area (Å²) in [5.74, 6) is -6.56. The van der Waals surface area contributed by atoms with Crippen molar-refractivity contribution in [3.05, 3.63) is 0 Å². The molecular formula is C8H8BN2O8-4. The molecule has 1 radical (unpaired) electrons. The quantitative estimate of drug-likeness (QED) is 0.348. The second-order valence-electron chi connectivity index (χ2n) is 3.41. The Morgan fingerprint density at radius 3 is 1.00 bits per heavy atom. The van der Waals surface area contributed by atoms with Gasteiger partial charge < -0.3 is 49.2 Å². The highest BCUT2D eigenvalue weighted by Crippen LogP contribution is 1.91. The van der Waals surface area contributed by atoms with E-state index in [4.69, 9.17) is 0 Å². The van der Waals surface area contributed by atoms with Crippen molar-refractivity contribution in [2.75, 3.05) is 26.2 Å². The fourth-order valence-electron chi connectivity index (χ4n) is 1.17. The lowest BCUT2D eigenvalue weighted by Gasteiger charge is -2.29. The lowest BCUT2D eigenvalue weighted by Crippen LogP contribution is -2.54. The normalized spacial score (nSPS) is 10.4. The van der Waals surface area contributed by atoms with E-state index in [0.29, 0.717) is 17.2 Å². The minimum atomic E-state index is -1.64. The molecule has 0 bridgehead atoms.